The van der Waals surface area contributed by atoms with Crippen LogP contribution in [-0.2, 0) is 11.2 Å². The van der Waals surface area contributed by atoms with E-state index in [1.54, 1.807) is 7.05 Å². The highest BCUT2D eigenvalue weighted by Crippen LogP contribution is 2.18. The second kappa shape index (κ2) is 4.37. The summed E-state index contributed by atoms with van der Waals surface area (Å²) in [5, 5.41) is 4.06. The number of fused-ring (bicyclic) bond motifs is 1. The number of rotatable bonds is 4. The number of nitrogens with one attached hydrogen (secondary N) is 2. The minimum atomic E-state index is -0.326. The van der Waals surface area contributed by atoms with Crippen LogP contribution in [0.5, 0.6) is 0 Å². The van der Waals surface area contributed by atoms with E-state index in [9.17, 15) is 4.79 Å². The summed E-state index contributed by atoms with van der Waals surface area (Å²) in [6, 6.07) is 7.69. The van der Waals surface area contributed by atoms with Crippen molar-refractivity contribution in [2.45, 2.75) is 12.5 Å². The number of amides is 1. The molecule has 0 saturated heterocycles. The van der Waals surface area contributed by atoms with E-state index in [4.69, 9.17) is 5.73 Å². The highest BCUT2D eigenvalue weighted by molar-refractivity contribution is 5.85. The van der Waals surface area contributed by atoms with E-state index in [1.165, 1.54) is 0 Å². The molecule has 1 heterocycles. The molecule has 84 valence electrons. The zero-order valence-electron chi connectivity index (χ0n) is 9.16. The van der Waals surface area contributed by atoms with E-state index in [0.717, 1.165) is 16.5 Å². The number of likely N-dealkylation sites (N-methyl/N-ethyl adjacent to an activating group) is 1. The lowest BCUT2D eigenvalue weighted by Crippen LogP contribution is -2.40. The molecule has 0 saturated carbocycles. The van der Waals surface area contributed by atoms with Gasteiger partial charge in [-0.15, -0.1) is 0 Å². The van der Waals surface area contributed by atoms with Crippen LogP contribution in [0.25, 0.3) is 10.9 Å². The molecule has 1 atom stereocenters. The van der Waals surface area contributed by atoms with Gasteiger partial charge < -0.3 is 16.0 Å². The zero-order chi connectivity index (χ0) is 11.5. The van der Waals surface area contributed by atoms with Gasteiger partial charge in [0.15, 0.2) is 0 Å². The lowest BCUT2D eigenvalue weighted by molar-refractivity contribution is -0.119. The van der Waals surface area contributed by atoms with Gasteiger partial charge in [-0.25, -0.2) is 0 Å². The molecule has 1 amide bonds. The number of nitrogens with two attached hydrogens (primary N) is 1. The Labute approximate surface area is 93.8 Å². The molecule has 4 nitrogen and oxygen atoms in total. The van der Waals surface area contributed by atoms with Crippen LogP contribution in [0.4, 0.5) is 0 Å². The summed E-state index contributed by atoms with van der Waals surface area (Å²) in [4.78, 5) is 14.3. The van der Waals surface area contributed by atoms with Gasteiger partial charge in [-0.2, -0.15) is 0 Å². The number of hydrogen-bond acceptors (Lipinski definition) is 2. The van der Waals surface area contributed by atoms with Crippen molar-refractivity contribution in [3.63, 3.8) is 0 Å². The maximum atomic E-state index is 11.1. The quantitative estimate of drug-likeness (QED) is 0.708. The molecule has 0 unspecified atom stereocenters. The Morgan fingerprint density at radius 3 is 2.94 bits per heavy atom. The molecule has 1 aromatic heterocycles. The first kappa shape index (κ1) is 10.7. The average molecular weight is 217 g/mol. The van der Waals surface area contributed by atoms with Crippen LogP contribution in [0.3, 0.4) is 0 Å². The third kappa shape index (κ3) is 1.92. The van der Waals surface area contributed by atoms with Gasteiger partial charge >= 0.3 is 0 Å². The van der Waals surface area contributed by atoms with Crippen LogP contribution in [0.2, 0.25) is 0 Å². The van der Waals surface area contributed by atoms with Crippen molar-refractivity contribution in [1.29, 1.82) is 0 Å². The molecule has 4 N–H and O–H groups in total. The van der Waals surface area contributed by atoms with Gasteiger partial charge in [0.2, 0.25) is 5.91 Å². The number of para-hydroxylation sites is 1. The molecule has 0 bridgehead atoms. The van der Waals surface area contributed by atoms with E-state index in [-0.39, 0.29) is 11.9 Å². The molecule has 2 aromatic rings. The molecule has 16 heavy (non-hydrogen) atoms. The van der Waals surface area contributed by atoms with E-state index >= 15 is 0 Å². The van der Waals surface area contributed by atoms with Crippen LogP contribution in [0.15, 0.2) is 30.5 Å². The van der Waals surface area contributed by atoms with Crippen LogP contribution in [0, 0.1) is 0 Å². The van der Waals surface area contributed by atoms with Gasteiger partial charge in [-0.1, -0.05) is 18.2 Å². The minimum Gasteiger partial charge on any atom is -0.368 e. The smallest absolute Gasteiger partial charge is 0.234 e. The molecule has 0 aliphatic carbocycles. The third-order valence-electron chi connectivity index (χ3n) is 2.79. The Bertz CT molecular complexity index is 504. The van der Waals surface area contributed by atoms with Crippen molar-refractivity contribution in [2.75, 3.05) is 7.05 Å². The fraction of sp³-hybridized carbons (Fsp3) is 0.250. The Balaban J connectivity index is 2.30. The van der Waals surface area contributed by atoms with E-state index in [1.807, 2.05) is 30.5 Å². The fourth-order valence-corrected chi connectivity index (χ4v) is 1.87. The molecule has 0 aliphatic heterocycles. The highest BCUT2D eigenvalue weighted by atomic mass is 16.1. The molecule has 0 fully saturated rings. The van der Waals surface area contributed by atoms with Gasteiger partial charge in [0.25, 0.3) is 0 Å². The van der Waals surface area contributed by atoms with Gasteiger partial charge in [0.1, 0.15) is 0 Å². The first-order chi connectivity index (χ1) is 7.72. The predicted molar refractivity (Wildman–Crippen MR) is 64.0 cm³/mol. The Hall–Kier alpha value is -1.81. The van der Waals surface area contributed by atoms with Crippen LogP contribution >= 0.6 is 0 Å². The van der Waals surface area contributed by atoms with Gasteiger partial charge in [0, 0.05) is 17.1 Å². The Morgan fingerprint density at radius 2 is 2.25 bits per heavy atom. The van der Waals surface area contributed by atoms with E-state index in [2.05, 4.69) is 10.3 Å². The number of hydrogen-bond donors (Lipinski definition) is 3. The minimum absolute atomic E-state index is 0.320. The number of carbonyl (C=O) groups is 1. The first-order valence-electron chi connectivity index (χ1n) is 5.24. The second-order valence-electron chi connectivity index (χ2n) is 3.81. The Kier molecular flexibility index (Phi) is 2.92. The van der Waals surface area contributed by atoms with Gasteiger partial charge in [-0.3, -0.25) is 4.79 Å². The SMILES string of the molecule is CN[C@H](Cc1c[nH]c2ccccc12)C(N)=O. The molecule has 0 spiro atoms. The number of primary amides is 1. The third-order valence-corrected chi connectivity index (χ3v) is 2.79. The van der Waals surface area contributed by atoms with Crippen molar-refractivity contribution in [3.05, 3.63) is 36.0 Å². The summed E-state index contributed by atoms with van der Waals surface area (Å²) >= 11 is 0. The van der Waals surface area contributed by atoms with E-state index < -0.39 is 0 Å². The van der Waals surface area contributed by atoms with Crippen molar-refractivity contribution in [1.82, 2.24) is 10.3 Å². The fourth-order valence-electron chi connectivity index (χ4n) is 1.87. The summed E-state index contributed by atoms with van der Waals surface area (Å²) in [6.07, 6.45) is 2.54. The summed E-state index contributed by atoms with van der Waals surface area (Å²) in [6.45, 7) is 0. The van der Waals surface area contributed by atoms with Gasteiger partial charge in [0.05, 0.1) is 6.04 Å². The number of carbonyl (C=O) groups excluding carboxylic acids is 1. The average Bonchev–Trinajstić information content (AvgIpc) is 2.69. The standard InChI is InChI=1S/C12H15N3O/c1-14-11(12(13)16)6-8-7-15-10-5-3-2-4-9(8)10/h2-5,7,11,14-15H,6H2,1H3,(H2,13,16)/t11-/m1/s1. The van der Waals surface area contributed by atoms with E-state index in [0.29, 0.717) is 6.42 Å². The first-order valence-corrected chi connectivity index (χ1v) is 5.24. The monoisotopic (exact) mass is 217 g/mol. The molecular formula is C12H15N3O. The highest BCUT2D eigenvalue weighted by Gasteiger charge is 2.15. The number of aromatic nitrogens is 1. The molecule has 0 radical (unpaired) electrons. The topological polar surface area (TPSA) is 70.9 Å². The molecule has 0 aliphatic rings. The molecule has 1 aromatic carbocycles. The second-order valence-corrected chi connectivity index (χ2v) is 3.81. The Morgan fingerprint density at radius 1 is 1.50 bits per heavy atom. The normalized spacial score (nSPS) is 12.8. The van der Waals surface area contributed by atoms with Crippen molar-refractivity contribution in [3.8, 4) is 0 Å². The van der Waals surface area contributed by atoms with Crippen molar-refractivity contribution < 1.29 is 4.79 Å². The summed E-state index contributed by atoms with van der Waals surface area (Å²) in [7, 11) is 1.74. The summed E-state index contributed by atoms with van der Waals surface area (Å²) in [5.41, 5.74) is 7.48. The molecular weight excluding hydrogens is 202 g/mol. The lowest BCUT2D eigenvalue weighted by atomic mass is 10.0. The van der Waals surface area contributed by atoms with Gasteiger partial charge in [-0.05, 0) is 25.1 Å². The van der Waals surface area contributed by atoms with Crippen molar-refractivity contribution >= 4 is 16.8 Å². The predicted octanol–water partition coefficient (Wildman–Crippen LogP) is 0.784. The summed E-state index contributed by atoms with van der Waals surface area (Å²) < 4.78 is 0. The molecule has 2 rings (SSSR count). The molecule has 4 heteroatoms. The van der Waals surface area contributed by atoms with Crippen LogP contribution in [0.1, 0.15) is 5.56 Å². The number of H-pyrrole nitrogens is 1. The number of benzene rings is 1. The lowest BCUT2D eigenvalue weighted by Gasteiger charge is -2.10. The van der Waals surface area contributed by atoms with Crippen molar-refractivity contribution in [2.24, 2.45) is 5.73 Å². The maximum absolute atomic E-state index is 11.1. The van der Waals surface area contributed by atoms with Crippen LogP contribution < -0.4 is 11.1 Å². The summed E-state index contributed by atoms with van der Waals surface area (Å²) in [5.74, 6) is -0.326. The maximum Gasteiger partial charge on any atom is 0.234 e. The van der Waals surface area contributed by atoms with Crippen LogP contribution in [-0.4, -0.2) is 24.0 Å². The largest absolute Gasteiger partial charge is 0.368 e. The number of aromatic amines is 1. The zero-order valence-corrected chi connectivity index (χ0v) is 9.16.